The molecule has 2 aliphatic heterocycles. The predicted octanol–water partition coefficient (Wildman–Crippen LogP) is 5.75. The number of carbonyl (C=O) groups excluding carboxylic acids is 2. The Morgan fingerprint density at radius 3 is 2.30 bits per heavy atom. The van der Waals surface area contributed by atoms with Crippen LogP contribution in [-0.4, -0.2) is 115 Å². The molecule has 0 spiro atoms. The third-order valence-electron chi connectivity index (χ3n) is 11.3. The number of ketones is 1. The Hall–Kier alpha value is -4.02. The number of methoxy groups -OCH3 is 2. The van der Waals surface area contributed by atoms with Crippen LogP contribution < -0.4 is 16.0 Å². The van der Waals surface area contributed by atoms with Gasteiger partial charge in [0.2, 0.25) is 11.6 Å². The Morgan fingerprint density at radius 2 is 1.60 bits per heavy atom. The lowest BCUT2D eigenvalue weighted by Crippen LogP contribution is -2.30. The van der Waals surface area contributed by atoms with E-state index >= 15 is 0 Å². The second-order valence-electron chi connectivity index (χ2n) is 16.1. The normalized spacial score (nSPS) is 18.0. The number of nitrogens with two attached hydrogens (primary N) is 1. The fourth-order valence-electron chi connectivity index (χ4n) is 7.94. The highest BCUT2D eigenvalue weighted by molar-refractivity contribution is 7.85. The molecule has 2 aromatic carbocycles. The van der Waals surface area contributed by atoms with E-state index in [4.69, 9.17) is 24.7 Å². The van der Waals surface area contributed by atoms with Crippen LogP contribution in [0.1, 0.15) is 82.4 Å². The summed E-state index contributed by atoms with van der Waals surface area (Å²) in [6, 6.07) is 11.2. The summed E-state index contributed by atoms with van der Waals surface area (Å²) in [4.78, 5) is 25.8. The van der Waals surface area contributed by atoms with Crippen molar-refractivity contribution >= 4 is 38.9 Å². The van der Waals surface area contributed by atoms with E-state index in [0.29, 0.717) is 91.4 Å². The van der Waals surface area contributed by atoms with Crippen LogP contribution in [0.2, 0.25) is 0 Å². The molecule has 0 aromatic heterocycles. The van der Waals surface area contributed by atoms with Gasteiger partial charge in [0.25, 0.3) is 0 Å². The predicted molar refractivity (Wildman–Crippen MR) is 234 cm³/mol. The number of rotatable bonds is 27. The van der Waals surface area contributed by atoms with Crippen LogP contribution >= 0.6 is 0 Å². The summed E-state index contributed by atoms with van der Waals surface area (Å²) in [6.45, 7) is 13.3. The van der Waals surface area contributed by atoms with E-state index in [1.54, 1.807) is 20.3 Å². The Morgan fingerprint density at radius 1 is 0.867 bits per heavy atom. The number of hydrogen-bond donors (Lipinski definition) is 2. The Kier molecular flexibility index (Phi) is 18.9. The minimum absolute atomic E-state index is 0.0132. The molecule has 330 valence electrons. The summed E-state index contributed by atoms with van der Waals surface area (Å²) >= 11 is 0. The zero-order valence-corrected chi connectivity index (χ0v) is 37.2. The van der Waals surface area contributed by atoms with Gasteiger partial charge in [0.05, 0.1) is 43.3 Å². The van der Waals surface area contributed by atoms with Gasteiger partial charge in [-0.3, -0.25) is 9.59 Å². The largest absolute Gasteiger partial charge is 0.744 e. The van der Waals surface area contributed by atoms with Gasteiger partial charge < -0.3 is 39.5 Å². The first-order chi connectivity index (χ1) is 28.7. The summed E-state index contributed by atoms with van der Waals surface area (Å²) in [5, 5.41) is 2.88. The molecule has 13 nitrogen and oxygen atoms in total. The quantitative estimate of drug-likeness (QED) is 0.0485. The molecule has 2 aromatic rings. The second-order valence-corrected chi connectivity index (χ2v) is 17.4. The van der Waals surface area contributed by atoms with E-state index in [9.17, 15) is 22.6 Å². The molecule has 0 radical (unpaired) electrons. The van der Waals surface area contributed by atoms with Crippen LogP contribution in [-0.2, 0) is 49.5 Å². The molecule has 14 heteroatoms. The van der Waals surface area contributed by atoms with Crippen molar-refractivity contribution in [1.82, 2.24) is 5.32 Å². The summed E-state index contributed by atoms with van der Waals surface area (Å²) in [7, 11) is -1.43. The molecule has 1 atom stereocenters. The molecule has 0 aliphatic carbocycles. The van der Waals surface area contributed by atoms with Gasteiger partial charge in [-0.1, -0.05) is 36.3 Å². The number of carbonyl (C=O) groups is 2. The van der Waals surface area contributed by atoms with E-state index in [1.807, 2.05) is 18.2 Å². The Balaban J connectivity index is 1.61. The summed E-state index contributed by atoms with van der Waals surface area (Å²) < 4.78 is 61.3. The van der Waals surface area contributed by atoms with Crippen molar-refractivity contribution in [3.63, 3.8) is 0 Å². The molecule has 0 saturated carbocycles. The minimum atomic E-state index is -4.71. The number of benzene rings is 2. The number of fused-ring (bicyclic) bond motifs is 2. The lowest BCUT2D eigenvalue weighted by Gasteiger charge is -2.30. The van der Waals surface area contributed by atoms with Gasteiger partial charge in [-0.15, -0.1) is 0 Å². The number of anilines is 1. The molecule has 1 unspecified atom stereocenters. The second kappa shape index (κ2) is 23.3. The van der Waals surface area contributed by atoms with Gasteiger partial charge >= 0.3 is 0 Å². The maximum atomic E-state index is 12.5. The number of nitrogens with one attached hydrogen (secondary N) is 1. The molecule has 60 heavy (non-hydrogen) atoms. The molecule has 1 amide bonds. The molecule has 2 aliphatic rings. The number of nitrogens with zero attached hydrogens (tertiary/aromatic N) is 2. The van der Waals surface area contributed by atoms with Crippen molar-refractivity contribution in [2.45, 2.75) is 88.4 Å². The van der Waals surface area contributed by atoms with E-state index < -0.39 is 15.5 Å². The highest BCUT2D eigenvalue weighted by Gasteiger charge is 2.45. The molecule has 4 rings (SSSR count). The zero-order valence-electron chi connectivity index (χ0n) is 36.4. The number of hydrogen-bond acceptors (Lipinski definition) is 11. The molecule has 0 bridgehead atoms. The fourth-order valence-corrected chi connectivity index (χ4v) is 8.43. The SMILES string of the molecule is COCCOCC[N+]1=C(/C=C/C=C/C=C2/N(CCCCCC(=O)NCCCC(=O)CN)c3ccc(S(=O)(=O)[O-])cc3C2(C)CCOCCOC)C(C)(C)c2cc(C)ccc21. The van der Waals surface area contributed by atoms with E-state index in [0.717, 1.165) is 35.5 Å². The monoisotopic (exact) mass is 850 g/mol. The third-order valence-corrected chi connectivity index (χ3v) is 12.1. The van der Waals surface area contributed by atoms with Crippen LogP contribution in [0, 0.1) is 6.92 Å². The van der Waals surface area contributed by atoms with E-state index in [2.05, 4.69) is 72.8 Å². The van der Waals surface area contributed by atoms with Gasteiger partial charge in [-0.2, -0.15) is 4.58 Å². The van der Waals surface area contributed by atoms with Crippen LogP contribution in [0.15, 0.2) is 77.4 Å². The number of aryl methyl sites for hydroxylation is 1. The van der Waals surface area contributed by atoms with Crippen molar-refractivity contribution in [1.29, 1.82) is 0 Å². The highest BCUT2D eigenvalue weighted by atomic mass is 32.2. The van der Waals surface area contributed by atoms with E-state index in [1.165, 1.54) is 28.9 Å². The Bertz CT molecular complexity index is 2010. The van der Waals surface area contributed by atoms with Gasteiger partial charge in [0.1, 0.15) is 22.5 Å². The summed E-state index contributed by atoms with van der Waals surface area (Å²) in [5.74, 6) is -0.0744. The maximum Gasteiger partial charge on any atom is 0.219 e. The van der Waals surface area contributed by atoms with Gasteiger partial charge in [0, 0.05) is 81.3 Å². The lowest BCUT2D eigenvalue weighted by atomic mass is 9.78. The van der Waals surface area contributed by atoms with Crippen molar-refractivity contribution in [3.8, 4) is 0 Å². The Labute approximate surface area is 357 Å². The molecule has 0 fully saturated rings. The van der Waals surface area contributed by atoms with Gasteiger partial charge in [-0.05, 0) is 89.3 Å². The number of ether oxygens (including phenoxy) is 4. The highest BCUT2D eigenvalue weighted by Crippen LogP contribution is 2.51. The first-order valence-corrected chi connectivity index (χ1v) is 22.4. The maximum absolute atomic E-state index is 12.5. The first kappa shape index (κ1) is 48.6. The van der Waals surface area contributed by atoms with Crippen LogP contribution in [0.4, 0.5) is 11.4 Å². The molecular formula is C46H66N4O9S. The fraction of sp³-hybridized carbons (Fsp3) is 0.543. The number of Topliss-reactive ketones (excluding diaryl/α,β-unsaturated/α-hetero) is 1. The zero-order chi connectivity index (χ0) is 43.8. The third kappa shape index (κ3) is 13.0. The summed E-state index contributed by atoms with van der Waals surface area (Å²) in [6.07, 6.45) is 14.3. The van der Waals surface area contributed by atoms with Crippen molar-refractivity contribution in [2.24, 2.45) is 5.73 Å². The number of unbranched alkanes of at least 4 members (excludes halogenated alkanes) is 2. The minimum Gasteiger partial charge on any atom is -0.744 e. The van der Waals surface area contributed by atoms with Crippen LogP contribution in [0.3, 0.4) is 0 Å². The van der Waals surface area contributed by atoms with Crippen molar-refractivity contribution < 1.29 is 46.1 Å². The molecular weight excluding hydrogens is 785 g/mol. The van der Waals surface area contributed by atoms with Crippen molar-refractivity contribution in [3.05, 3.63) is 89.2 Å². The van der Waals surface area contributed by atoms with Crippen LogP contribution in [0.5, 0.6) is 0 Å². The number of amides is 1. The van der Waals surface area contributed by atoms with Crippen LogP contribution in [0.25, 0.3) is 0 Å². The molecule has 3 N–H and O–H groups in total. The number of allylic oxidation sites excluding steroid dienone is 6. The lowest BCUT2D eigenvalue weighted by molar-refractivity contribution is -0.442. The van der Waals surface area contributed by atoms with Gasteiger partial charge in [-0.25, -0.2) is 8.42 Å². The topological polar surface area (TPSA) is 173 Å². The standard InChI is InChI=1S/C46H66N4O9S/c1-35-18-20-40-38(32-35)45(2,3)42(50(40)25-27-59-31-29-57-6)15-9-7-10-16-43-46(4,22-26-58-30-28-56-5)39-33-37(60(53,54)55)19-21-41(39)49(43)24-12-8-11-17-44(52)48-23-13-14-36(51)34-47/h7,9-10,15-16,18-21,32-33H,8,11-14,17,22-31,34,47H2,1-6H3,(H-,48,52,53,54,55). The average molecular weight is 851 g/mol. The van der Waals surface area contributed by atoms with Gasteiger partial charge in [0.15, 0.2) is 12.3 Å². The molecule has 2 heterocycles. The molecule has 0 saturated heterocycles. The smallest absolute Gasteiger partial charge is 0.219 e. The average Bonchev–Trinajstić information content (AvgIpc) is 3.56. The summed E-state index contributed by atoms with van der Waals surface area (Å²) in [5.41, 5.74) is 11.8. The van der Waals surface area contributed by atoms with Crippen molar-refractivity contribution in [2.75, 3.05) is 84.9 Å². The van der Waals surface area contributed by atoms with E-state index in [-0.39, 0.29) is 28.5 Å². The first-order valence-electron chi connectivity index (χ1n) is 21.0.